The first kappa shape index (κ1) is 17.2. The zero-order chi connectivity index (χ0) is 15.5. The van der Waals surface area contributed by atoms with Gasteiger partial charge in [0, 0.05) is 30.3 Å². The Balaban J connectivity index is 2.90. The maximum atomic E-state index is 13.0. The molecule has 0 saturated heterocycles. The van der Waals surface area contributed by atoms with Gasteiger partial charge in [-0.25, -0.2) is 4.98 Å². The fraction of sp³-hybridized carbons (Fsp3) is 0.615. The van der Waals surface area contributed by atoms with Gasteiger partial charge in [0.1, 0.15) is 5.82 Å². The van der Waals surface area contributed by atoms with E-state index in [0.29, 0.717) is 23.4 Å². The molecule has 0 fully saturated rings. The lowest BCUT2D eigenvalue weighted by Crippen LogP contribution is -2.32. The average Bonchev–Trinajstić information content (AvgIpc) is 2.34. The van der Waals surface area contributed by atoms with Crippen molar-refractivity contribution >= 4 is 21.7 Å². The molecule has 20 heavy (non-hydrogen) atoms. The molecule has 1 atom stereocenters. The summed E-state index contributed by atoms with van der Waals surface area (Å²) in [5.41, 5.74) is 5.17. The summed E-state index contributed by atoms with van der Waals surface area (Å²) in [6.07, 6.45) is -2.45. The van der Waals surface area contributed by atoms with E-state index in [0.717, 1.165) is 6.07 Å². The normalized spacial score (nSPS) is 13.7. The average molecular weight is 354 g/mol. The lowest BCUT2D eigenvalue weighted by molar-refractivity contribution is -0.137. The van der Waals surface area contributed by atoms with Crippen molar-refractivity contribution in [1.82, 2.24) is 4.98 Å². The summed E-state index contributed by atoms with van der Waals surface area (Å²) < 4.78 is 39.3. The van der Waals surface area contributed by atoms with Gasteiger partial charge in [-0.2, -0.15) is 13.2 Å². The van der Waals surface area contributed by atoms with Crippen LogP contribution in [0.5, 0.6) is 0 Å². The molecule has 0 aliphatic heterocycles. The van der Waals surface area contributed by atoms with Gasteiger partial charge >= 0.3 is 6.18 Å². The van der Waals surface area contributed by atoms with E-state index in [4.69, 9.17) is 5.73 Å². The smallest absolute Gasteiger partial charge is 0.359 e. The Bertz CT molecular complexity index is 449. The lowest BCUT2D eigenvalue weighted by Gasteiger charge is -2.24. The second-order valence-corrected chi connectivity index (χ2v) is 6.06. The van der Waals surface area contributed by atoms with Crippen molar-refractivity contribution in [2.24, 2.45) is 11.7 Å². The maximum Gasteiger partial charge on any atom is 0.419 e. The fourth-order valence-corrected chi connectivity index (χ4v) is 2.06. The molecule has 7 heteroatoms. The Morgan fingerprint density at radius 1 is 1.40 bits per heavy atom. The highest BCUT2D eigenvalue weighted by Crippen LogP contribution is 2.36. The molecule has 0 aliphatic carbocycles. The maximum absolute atomic E-state index is 13.0. The third-order valence-corrected chi connectivity index (χ3v) is 3.59. The van der Waals surface area contributed by atoms with Crippen molar-refractivity contribution in [3.05, 3.63) is 22.3 Å². The lowest BCUT2D eigenvalue weighted by atomic mass is 10.0. The molecule has 0 bridgehead atoms. The number of nitrogens with two attached hydrogens (primary N) is 1. The Kier molecular flexibility index (Phi) is 5.82. The SMILES string of the molecule is CC(C)C(N)CCN(C)c1ncc(Br)cc1C(F)(F)F. The second kappa shape index (κ2) is 6.76. The van der Waals surface area contributed by atoms with Crippen molar-refractivity contribution in [2.75, 3.05) is 18.5 Å². The van der Waals surface area contributed by atoms with E-state index in [2.05, 4.69) is 20.9 Å². The molecule has 0 aliphatic rings. The first-order chi connectivity index (χ1) is 9.12. The molecule has 114 valence electrons. The molecule has 1 rings (SSSR count). The predicted octanol–water partition coefficient (Wildman–Crippen LogP) is 3.67. The minimum Gasteiger partial charge on any atom is -0.359 e. The third-order valence-electron chi connectivity index (χ3n) is 3.15. The van der Waals surface area contributed by atoms with Crippen LogP contribution < -0.4 is 10.6 Å². The van der Waals surface area contributed by atoms with Gasteiger partial charge in [0.15, 0.2) is 0 Å². The van der Waals surface area contributed by atoms with Gasteiger partial charge in [0.05, 0.1) is 5.56 Å². The number of pyridine rings is 1. The van der Waals surface area contributed by atoms with Gasteiger partial charge in [-0.15, -0.1) is 0 Å². The molecule has 1 heterocycles. The Hall–Kier alpha value is -0.820. The molecule has 0 radical (unpaired) electrons. The van der Waals surface area contributed by atoms with Crippen LogP contribution >= 0.6 is 15.9 Å². The van der Waals surface area contributed by atoms with Crippen molar-refractivity contribution in [3.63, 3.8) is 0 Å². The first-order valence-corrected chi connectivity index (χ1v) is 7.11. The van der Waals surface area contributed by atoms with Crippen LogP contribution in [-0.4, -0.2) is 24.6 Å². The Labute approximate surface area is 125 Å². The zero-order valence-corrected chi connectivity index (χ0v) is 13.3. The largest absolute Gasteiger partial charge is 0.419 e. The zero-order valence-electron chi connectivity index (χ0n) is 11.7. The summed E-state index contributed by atoms with van der Waals surface area (Å²) in [5, 5.41) is 0. The van der Waals surface area contributed by atoms with Gasteiger partial charge in [-0.1, -0.05) is 13.8 Å². The second-order valence-electron chi connectivity index (χ2n) is 5.14. The standard InChI is InChI=1S/C13H19BrF3N3/c1-8(2)11(18)4-5-20(3)12-10(13(15,16)17)6-9(14)7-19-12/h6-8,11H,4-5,18H2,1-3H3. The summed E-state index contributed by atoms with van der Waals surface area (Å²) in [7, 11) is 1.60. The molecule has 0 amide bonds. The van der Waals surface area contributed by atoms with Crippen LogP contribution in [0.3, 0.4) is 0 Å². The van der Waals surface area contributed by atoms with E-state index >= 15 is 0 Å². The first-order valence-electron chi connectivity index (χ1n) is 6.32. The topological polar surface area (TPSA) is 42.1 Å². The summed E-state index contributed by atoms with van der Waals surface area (Å²) in [5.74, 6) is 0.222. The van der Waals surface area contributed by atoms with E-state index < -0.39 is 11.7 Å². The quantitative estimate of drug-likeness (QED) is 0.877. The number of nitrogens with zero attached hydrogens (tertiary/aromatic N) is 2. The fourth-order valence-electron chi connectivity index (χ4n) is 1.73. The van der Waals surface area contributed by atoms with Gasteiger partial charge in [0.25, 0.3) is 0 Å². The molecule has 2 N–H and O–H groups in total. The Morgan fingerprint density at radius 3 is 2.50 bits per heavy atom. The minimum atomic E-state index is -4.43. The van der Waals surface area contributed by atoms with Crippen LogP contribution in [0.2, 0.25) is 0 Å². The van der Waals surface area contributed by atoms with Gasteiger partial charge < -0.3 is 10.6 Å². The number of hydrogen-bond acceptors (Lipinski definition) is 3. The van der Waals surface area contributed by atoms with E-state index in [9.17, 15) is 13.2 Å². The van der Waals surface area contributed by atoms with E-state index in [-0.39, 0.29) is 11.9 Å². The molecule has 1 unspecified atom stereocenters. The number of hydrogen-bond donors (Lipinski definition) is 1. The van der Waals surface area contributed by atoms with Crippen molar-refractivity contribution in [1.29, 1.82) is 0 Å². The number of rotatable bonds is 5. The van der Waals surface area contributed by atoms with Crippen molar-refractivity contribution < 1.29 is 13.2 Å². The Morgan fingerprint density at radius 2 is 2.00 bits per heavy atom. The van der Waals surface area contributed by atoms with Crippen molar-refractivity contribution in [3.8, 4) is 0 Å². The summed E-state index contributed by atoms with van der Waals surface area (Å²) in [6, 6.07) is 1.00. The highest BCUT2D eigenvalue weighted by Gasteiger charge is 2.35. The summed E-state index contributed by atoms with van der Waals surface area (Å²) in [4.78, 5) is 5.38. The van der Waals surface area contributed by atoms with Crippen LogP contribution in [-0.2, 0) is 6.18 Å². The minimum absolute atomic E-state index is 0.0396. The highest BCUT2D eigenvalue weighted by atomic mass is 79.9. The number of alkyl halides is 3. The van der Waals surface area contributed by atoms with Gasteiger partial charge in [0.2, 0.25) is 0 Å². The number of anilines is 1. The number of aromatic nitrogens is 1. The van der Waals surface area contributed by atoms with Crippen LogP contribution in [0.4, 0.5) is 19.0 Å². The molecule has 0 saturated carbocycles. The molecule has 3 nitrogen and oxygen atoms in total. The van der Waals surface area contributed by atoms with Gasteiger partial charge in [-0.05, 0) is 34.3 Å². The monoisotopic (exact) mass is 353 g/mol. The van der Waals surface area contributed by atoms with E-state index in [1.807, 2.05) is 13.8 Å². The van der Waals surface area contributed by atoms with E-state index in [1.54, 1.807) is 7.05 Å². The van der Waals surface area contributed by atoms with Crippen LogP contribution in [0.15, 0.2) is 16.7 Å². The van der Waals surface area contributed by atoms with Crippen LogP contribution in [0, 0.1) is 5.92 Å². The molecule has 0 spiro atoms. The highest BCUT2D eigenvalue weighted by molar-refractivity contribution is 9.10. The van der Waals surface area contributed by atoms with Crippen molar-refractivity contribution in [2.45, 2.75) is 32.5 Å². The van der Waals surface area contributed by atoms with Crippen LogP contribution in [0.25, 0.3) is 0 Å². The number of halogens is 4. The van der Waals surface area contributed by atoms with Gasteiger partial charge in [-0.3, -0.25) is 0 Å². The third kappa shape index (κ3) is 4.63. The molecular weight excluding hydrogens is 335 g/mol. The summed E-state index contributed by atoms with van der Waals surface area (Å²) in [6.45, 7) is 4.41. The molecule has 1 aromatic heterocycles. The molecule has 1 aromatic rings. The van der Waals surface area contributed by atoms with Crippen LogP contribution in [0.1, 0.15) is 25.8 Å². The predicted molar refractivity (Wildman–Crippen MR) is 77.6 cm³/mol. The molecule has 0 aromatic carbocycles. The molecular formula is C13H19BrF3N3. The summed E-state index contributed by atoms with van der Waals surface area (Å²) >= 11 is 3.02. The van der Waals surface area contributed by atoms with E-state index in [1.165, 1.54) is 11.1 Å².